The maximum Gasteiger partial charge on any atom is 0.264 e. The van der Waals surface area contributed by atoms with Crippen LogP contribution in [0.15, 0.2) is 114 Å². The number of nitrogens with zero attached hydrogens (tertiary/aromatic N) is 1. The van der Waals surface area contributed by atoms with Crippen LogP contribution >= 0.6 is 0 Å². The number of amides is 2. The van der Waals surface area contributed by atoms with Gasteiger partial charge < -0.3 is 10.6 Å². The maximum absolute atomic E-state index is 13.0. The largest absolute Gasteiger partial charge is 0.345 e. The van der Waals surface area contributed by atoms with Crippen molar-refractivity contribution in [3.05, 3.63) is 126 Å². The van der Waals surface area contributed by atoms with Crippen molar-refractivity contribution in [3.63, 3.8) is 0 Å². The maximum atomic E-state index is 13.0. The van der Waals surface area contributed by atoms with Gasteiger partial charge in [0.2, 0.25) is 0 Å². The topological polar surface area (TPSA) is 95.6 Å². The van der Waals surface area contributed by atoms with Crippen LogP contribution in [0.1, 0.15) is 39.2 Å². The minimum atomic E-state index is -3.73. The zero-order valence-corrected chi connectivity index (χ0v) is 21.3. The number of carbonyl (C=O) groups excluding carboxylic acids is 2. The van der Waals surface area contributed by atoms with Crippen molar-refractivity contribution in [1.82, 2.24) is 5.32 Å². The lowest BCUT2D eigenvalue weighted by Crippen LogP contribution is -2.28. The molecule has 0 unspecified atom stereocenters. The third kappa shape index (κ3) is 5.87. The number of para-hydroxylation sites is 1. The molecule has 0 fully saturated rings. The van der Waals surface area contributed by atoms with Gasteiger partial charge in [-0.25, -0.2) is 8.42 Å². The number of hydrogen-bond acceptors (Lipinski definition) is 4. The summed E-state index contributed by atoms with van der Waals surface area (Å²) in [5.41, 5.74) is 2.41. The molecule has 37 heavy (non-hydrogen) atoms. The van der Waals surface area contributed by atoms with E-state index in [4.69, 9.17) is 0 Å². The van der Waals surface area contributed by atoms with E-state index in [1.54, 1.807) is 66.7 Å². The summed E-state index contributed by atoms with van der Waals surface area (Å²) in [6.45, 7) is 1.89. The van der Waals surface area contributed by atoms with Crippen LogP contribution in [0, 0.1) is 0 Å². The van der Waals surface area contributed by atoms with Crippen LogP contribution in [-0.4, -0.2) is 27.3 Å². The molecule has 0 aliphatic rings. The smallest absolute Gasteiger partial charge is 0.264 e. The quantitative estimate of drug-likeness (QED) is 0.336. The van der Waals surface area contributed by atoms with Crippen molar-refractivity contribution >= 4 is 33.2 Å². The van der Waals surface area contributed by atoms with Crippen LogP contribution in [0.4, 0.5) is 11.4 Å². The van der Waals surface area contributed by atoms with E-state index in [0.717, 1.165) is 9.87 Å². The van der Waals surface area contributed by atoms with Crippen molar-refractivity contribution in [3.8, 4) is 0 Å². The zero-order valence-electron chi connectivity index (χ0n) is 20.5. The van der Waals surface area contributed by atoms with Gasteiger partial charge in [0.1, 0.15) is 0 Å². The third-order valence-corrected chi connectivity index (χ3v) is 7.76. The van der Waals surface area contributed by atoms with Gasteiger partial charge in [-0.1, -0.05) is 60.7 Å². The molecule has 0 aliphatic carbocycles. The second kappa shape index (κ2) is 11.1. The fraction of sp³-hybridized carbons (Fsp3) is 0.103. The fourth-order valence-corrected chi connectivity index (χ4v) is 5.01. The predicted molar refractivity (Wildman–Crippen MR) is 145 cm³/mol. The number of sulfonamides is 1. The summed E-state index contributed by atoms with van der Waals surface area (Å²) in [5.74, 6) is -0.730. The van der Waals surface area contributed by atoms with Gasteiger partial charge in [0.15, 0.2) is 0 Å². The molecule has 7 nitrogen and oxygen atoms in total. The van der Waals surface area contributed by atoms with E-state index in [1.807, 2.05) is 37.3 Å². The SMILES string of the molecule is C[C@@H](NC(=O)c1ccccc1NC(=O)c1ccc(N(C)S(=O)(=O)c2ccccc2)cc1)c1ccccc1. The molecule has 0 radical (unpaired) electrons. The van der Waals surface area contributed by atoms with Crippen molar-refractivity contribution < 1.29 is 18.0 Å². The van der Waals surface area contributed by atoms with Crippen LogP contribution in [0.25, 0.3) is 0 Å². The second-order valence-corrected chi connectivity index (χ2v) is 10.4. The number of carbonyl (C=O) groups is 2. The molecule has 0 saturated heterocycles. The average Bonchev–Trinajstić information content (AvgIpc) is 2.93. The van der Waals surface area contributed by atoms with Gasteiger partial charge in [-0.3, -0.25) is 13.9 Å². The minimum Gasteiger partial charge on any atom is -0.345 e. The summed E-state index contributed by atoms with van der Waals surface area (Å²) in [4.78, 5) is 26.1. The third-order valence-electron chi connectivity index (χ3n) is 5.96. The highest BCUT2D eigenvalue weighted by molar-refractivity contribution is 7.92. The summed E-state index contributed by atoms with van der Waals surface area (Å²) >= 11 is 0. The first-order chi connectivity index (χ1) is 17.8. The number of anilines is 2. The Morgan fingerprint density at radius 3 is 1.95 bits per heavy atom. The summed E-state index contributed by atoms with van der Waals surface area (Å²) in [7, 11) is -2.27. The molecule has 0 saturated carbocycles. The fourth-order valence-electron chi connectivity index (χ4n) is 3.80. The Morgan fingerprint density at radius 1 is 0.730 bits per heavy atom. The Balaban J connectivity index is 1.47. The highest BCUT2D eigenvalue weighted by Gasteiger charge is 2.21. The first kappa shape index (κ1) is 25.7. The molecule has 188 valence electrons. The van der Waals surface area contributed by atoms with Gasteiger partial charge in [-0.05, 0) is 61.0 Å². The van der Waals surface area contributed by atoms with Crippen LogP contribution < -0.4 is 14.9 Å². The van der Waals surface area contributed by atoms with E-state index in [-0.39, 0.29) is 16.8 Å². The highest BCUT2D eigenvalue weighted by Crippen LogP contribution is 2.23. The van der Waals surface area contributed by atoms with Gasteiger partial charge in [0.25, 0.3) is 21.8 Å². The Labute approximate surface area is 216 Å². The molecule has 0 spiro atoms. The Bertz CT molecular complexity index is 1490. The molecule has 1 atom stereocenters. The summed E-state index contributed by atoms with van der Waals surface area (Å²) < 4.78 is 26.9. The molecular formula is C29H27N3O4S. The molecule has 0 aliphatic heterocycles. The van der Waals surface area contributed by atoms with Gasteiger partial charge in [-0.15, -0.1) is 0 Å². The van der Waals surface area contributed by atoms with Gasteiger partial charge >= 0.3 is 0 Å². The van der Waals surface area contributed by atoms with Gasteiger partial charge in [-0.2, -0.15) is 0 Å². The van der Waals surface area contributed by atoms with E-state index in [2.05, 4.69) is 10.6 Å². The van der Waals surface area contributed by atoms with Crippen LogP contribution in [0.3, 0.4) is 0 Å². The van der Waals surface area contributed by atoms with Crippen LogP contribution in [-0.2, 0) is 10.0 Å². The summed E-state index contributed by atoms with van der Waals surface area (Å²) in [6.07, 6.45) is 0. The lowest BCUT2D eigenvalue weighted by molar-refractivity contribution is 0.0940. The molecule has 2 N–H and O–H groups in total. The first-order valence-electron chi connectivity index (χ1n) is 11.7. The monoisotopic (exact) mass is 513 g/mol. The van der Waals surface area contributed by atoms with Crippen molar-refractivity contribution in [2.45, 2.75) is 17.9 Å². The number of benzene rings is 4. The molecule has 0 bridgehead atoms. The van der Waals surface area contributed by atoms with E-state index < -0.39 is 15.9 Å². The number of hydrogen-bond donors (Lipinski definition) is 2. The molecule has 4 aromatic rings. The normalized spacial score (nSPS) is 11.8. The highest BCUT2D eigenvalue weighted by atomic mass is 32.2. The number of nitrogens with one attached hydrogen (secondary N) is 2. The first-order valence-corrected chi connectivity index (χ1v) is 13.1. The van der Waals surface area contributed by atoms with Crippen LogP contribution in [0.5, 0.6) is 0 Å². The standard InChI is InChI=1S/C29H27N3O4S/c1-21(22-11-5-3-6-12-22)30-29(34)26-15-9-10-16-27(26)31-28(33)23-17-19-24(20-18-23)32(2)37(35,36)25-13-7-4-8-14-25/h3-21H,1-2H3,(H,30,34)(H,31,33)/t21-/m1/s1. The molecule has 4 rings (SSSR count). The van der Waals surface area contributed by atoms with E-state index in [9.17, 15) is 18.0 Å². The van der Waals surface area contributed by atoms with E-state index in [1.165, 1.54) is 19.2 Å². The van der Waals surface area contributed by atoms with E-state index >= 15 is 0 Å². The molecule has 0 heterocycles. The zero-order chi connectivity index (χ0) is 26.4. The molecule has 0 aromatic heterocycles. The van der Waals surface area contributed by atoms with Gasteiger partial charge in [0.05, 0.1) is 27.9 Å². The lowest BCUT2D eigenvalue weighted by Gasteiger charge is -2.20. The van der Waals surface area contributed by atoms with Crippen LogP contribution in [0.2, 0.25) is 0 Å². The molecule has 2 amide bonds. The summed E-state index contributed by atoms with van der Waals surface area (Å²) in [6, 6.07) is 30.5. The predicted octanol–water partition coefficient (Wildman–Crippen LogP) is 5.26. The number of rotatable bonds is 8. The molecular weight excluding hydrogens is 486 g/mol. The molecule has 8 heteroatoms. The lowest BCUT2D eigenvalue weighted by atomic mass is 10.1. The van der Waals surface area contributed by atoms with Crippen molar-refractivity contribution in [1.29, 1.82) is 0 Å². The Hall–Kier alpha value is -4.43. The average molecular weight is 514 g/mol. The minimum absolute atomic E-state index is 0.177. The summed E-state index contributed by atoms with van der Waals surface area (Å²) in [5, 5.41) is 5.75. The Kier molecular flexibility index (Phi) is 7.69. The Morgan fingerprint density at radius 2 is 1.30 bits per heavy atom. The van der Waals surface area contributed by atoms with Crippen molar-refractivity contribution in [2.75, 3.05) is 16.7 Å². The molecule has 4 aromatic carbocycles. The van der Waals surface area contributed by atoms with Gasteiger partial charge in [0, 0.05) is 12.6 Å². The van der Waals surface area contributed by atoms with E-state index in [0.29, 0.717) is 22.5 Å². The van der Waals surface area contributed by atoms with Crippen molar-refractivity contribution in [2.24, 2.45) is 0 Å². The second-order valence-electron chi connectivity index (χ2n) is 8.44.